The topological polar surface area (TPSA) is 113 Å². The lowest BCUT2D eigenvalue weighted by molar-refractivity contribution is 0.101. The fourth-order valence-corrected chi connectivity index (χ4v) is 4.18. The standard InChI is InChI=1S/C17H20N4O4S/c22-17(15-9-16(25-20-15)11-1-2-11)19-12-3-5-14(6-4-12)26(23,24)21-13-7-8-18-10-13/h3-6,9,11,13,18,21H,1-2,7-8,10H2,(H,19,22). The molecule has 1 aliphatic carbocycles. The van der Waals surface area contributed by atoms with E-state index >= 15 is 0 Å². The molecule has 1 unspecified atom stereocenters. The number of nitrogens with one attached hydrogen (secondary N) is 3. The van der Waals surface area contributed by atoms with Crippen molar-refractivity contribution >= 4 is 21.6 Å². The minimum absolute atomic E-state index is 0.0905. The Morgan fingerprint density at radius 1 is 1.19 bits per heavy atom. The first-order chi connectivity index (χ1) is 12.5. The van der Waals surface area contributed by atoms with Crippen LogP contribution in [0.5, 0.6) is 0 Å². The average molecular weight is 376 g/mol. The van der Waals surface area contributed by atoms with Gasteiger partial charge in [0, 0.05) is 30.3 Å². The number of hydrogen-bond donors (Lipinski definition) is 3. The van der Waals surface area contributed by atoms with E-state index in [0.717, 1.165) is 31.6 Å². The van der Waals surface area contributed by atoms with Gasteiger partial charge in [-0.3, -0.25) is 4.79 Å². The van der Waals surface area contributed by atoms with E-state index in [1.165, 1.54) is 12.1 Å². The van der Waals surface area contributed by atoms with Crippen molar-refractivity contribution in [3.63, 3.8) is 0 Å². The lowest BCUT2D eigenvalue weighted by Gasteiger charge is -2.12. The highest BCUT2D eigenvalue weighted by Crippen LogP contribution is 2.40. The number of nitrogens with zero attached hydrogens (tertiary/aromatic N) is 1. The third-order valence-electron chi connectivity index (χ3n) is 4.55. The monoisotopic (exact) mass is 376 g/mol. The Labute approximate surface area is 151 Å². The van der Waals surface area contributed by atoms with E-state index in [4.69, 9.17) is 4.52 Å². The fraction of sp³-hybridized carbons (Fsp3) is 0.412. The van der Waals surface area contributed by atoms with Gasteiger partial charge in [0.1, 0.15) is 5.76 Å². The Hall–Kier alpha value is -2.23. The summed E-state index contributed by atoms with van der Waals surface area (Å²) in [4.78, 5) is 12.4. The van der Waals surface area contributed by atoms with Crippen LogP contribution in [0.3, 0.4) is 0 Å². The summed E-state index contributed by atoms with van der Waals surface area (Å²) in [6.45, 7) is 1.44. The van der Waals surface area contributed by atoms with E-state index in [1.807, 2.05) is 0 Å². The third kappa shape index (κ3) is 3.79. The molecule has 0 radical (unpaired) electrons. The van der Waals surface area contributed by atoms with E-state index in [0.29, 0.717) is 18.2 Å². The molecule has 1 aromatic heterocycles. The van der Waals surface area contributed by atoms with Gasteiger partial charge in [-0.05, 0) is 50.1 Å². The predicted octanol–water partition coefficient (Wildman–Crippen LogP) is 1.44. The van der Waals surface area contributed by atoms with Crippen LogP contribution >= 0.6 is 0 Å². The predicted molar refractivity (Wildman–Crippen MR) is 94.5 cm³/mol. The van der Waals surface area contributed by atoms with E-state index in [1.54, 1.807) is 18.2 Å². The normalized spacial score (nSPS) is 20.2. The number of benzene rings is 1. The molecule has 8 nitrogen and oxygen atoms in total. The van der Waals surface area contributed by atoms with Crippen LogP contribution in [0.2, 0.25) is 0 Å². The zero-order chi connectivity index (χ0) is 18.1. The van der Waals surface area contributed by atoms with Gasteiger partial charge in [-0.2, -0.15) is 0 Å². The minimum Gasteiger partial charge on any atom is -0.360 e. The highest BCUT2D eigenvalue weighted by Gasteiger charge is 2.29. The molecule has 1 saturated carbocycles. The van der Waals surface area contributed by atoms with Crippen LogP contribution in [0.15, 0.2) is 39.8 Å². The summed E-state index contributed by atoms with van der Waals surface area (Å²) >= 11 is 0. The first kappa shape index (κ1) is 17.2. The minimum atomic E-state index is -3.57. The zero-order valence-electron chi connectivity index (χ0n) is 14.1. The van der Waals surface area contributed by atoms with E-state index < -0.39 is 10.0 Å². The Morgan fingerprint density at radius 2 is 1.96 bits per heavy atom. The number of carbonyl (C=O) groups excluding carboxylic acids is 1. The van der Waals surface area contributed by atoms with Crippen LogP contribution in [-0.4, -0.2) is 38.6 Å². The molecule has 9 heteroatoms. The van der Waals surface area contributed by atoms with Gasteiger partial charge >= 0.3 is 0 Å². The van der Waals surface area contributed by atoms with Gasteiger partial charge in [0.05, 0.1) is 4.90 Å². The molecule has 0 bridgehead atoms. The molecule has 1 aromatic carbocycles. The molecule has 4 rings (SSSR count). The van der Waals surface area contributed by atoms with Crippen molar-refractivity contribution in [2.24, 2.45) is 0 Å². The molecule has 1 amide bonds. The Morgan fingerprint density at radius 3 is 2.62 bits per heavy atom. The summed E-state index contributed by atoms with van der Waals surface area (Å²) in [5.41, 5.74) is 0.714. The molecule has 1 aliphatic heterocycles. The highest BCUT2D eigenvalue weighted by atomic mass is 32.2. The second-order valence-corrected chi connectivity index (χ2v) is 8.39. The lowest BCUT2D eigenvalue weighted by Crippen LogP contribution is -2.36. The van der Waals surface area contributed by atoms with Gasteiger partial charge in [-0.1, -0.05) is 5.16 Å². The molecule has 3 N–H and O–H groups in total. The molecular formula is C17H20N4O4S. The number of aromatic nitrogens is 1. The number of rotatable bonds is 6. The van der Waals surface area contributed by atoms with Crippen molar-refractivity contribution in [1.29, 1.82) is 0 Å². The van der Waals surface area contributed by atoms with E-state index in [2.05, 4.69) is 20.5 Å². The van der Waals surface area contributed by atoms with Gasteiger partial charge in [0.2, 0.25) is 10.0 Å². The molecule has 1 saturated heterocycles. The Kier molecular flexibility index (Phi) is 4.51. The van der Waals surface area contributed by atoms with Crippen LogP contribution in [-0.2, 0) is 10.0 Å². The van der Waals surface area contributed by atoms with Gasteiger partial charge in [0.25, 0.3) is 5.91 Å². The first-order valence-electron chi connectivity index (χ1n) is 8.62. The smallest absolute Gasteiger partial charge is 0.277 e. The lowest BCUT2D eigenvalue weighted by atomic mass is 10.2. The van der Waals surface area contributed by atoms with Gasteiger partial charge in [0.15, 0.2) is 5.69 Å². The molecule has 0 spiro atoms. The molecule has 2 aliphatic rings. The largest absolute Gasteiger partial charge is 0.360 e. The van der Waals surface area contributed by atoms with Crippen LogP contribution in [0.4, 0.5) is 5.69 Å². The molecular weight excluding hydrogens is 356 g/mol. The Bertz CT molecular complexity index is 897. The maximum Gasteiger partial charge on any atom is 0.277 e. The van der Waals surface area contributed by atoms with E-state index in [9.17, 15) is 13.2 Å². The van der Waals surface area contributed by atoms with Crippen LogP contribution in [0.1, 0.15) is 41.4 Å². The summed E-state index contributed by atoms with van der Waals surface area (Å²) in [6, 6.07) is 7.62. The van der Waals surface area contributed by atoms with Crippen LogP contribution < -0.4 is 15.4 Å². The van der Waals surface area contributed by atoms with Gasteiger partial charge in [-0.15, -0.1) is 0 Å². The van der Waals surface area contributed by atoms with Crippen molar-refractivity contribution in [2.45, 2.75) is 36.1 Å². The number of sulfonamides is 1. The van der Waals surface area contributed by atoms with Crippen molar-refractivity contribution in [2.75, 3.05) is 18.4 Å². The summed E-state index contributed by atoms with van der Waals surface area (Å²) in [6.07, 6.45) is 2.90. The number of anilines is 1. The van der Waals surface area contributed by atoms with Crippen molar-refractivity contribution in [3.8, 4) is 0 Å². The first-order valence-corrected chi connectivity index (χ1v) is 10.1. The van der Waals surface area contributed by atoms with Crippen molar-refractivity contribution in [1.82, 2.24) is 15.2 Å². The Balaban J connectivity index is 1.40. The number of hydrogen-bond acceptors (Lipinski definition) is 6. The fourth-order valence-electron chi connectivity index (χ4n) is 2.91. The summed E-state index contributed by atoms with van der Waals surface area (Å²) in [5, 5.41) is 9.60. The summed E-state index contributed by atoms with van der Waals surface area (Å²) in [5.74, 6) is 0.742. The maximum atomic E-state index is 12.4. The van der Waals surface area contributed by atoms with Crippen LogP contribution in [0.25, 0.3) is 0 Å². The molecule has 2 heterocycles. The average Bonchev–Trinajstić information content (AvgIpc) is 3.13. The molecule has 138 valence electrons. The highest BCUT2D eigenvalue weighted by molar-refractivity contribution is 7.89. The summed E-state index contributed by atoms with van der Waals surface area (Å²) < 4.78 is 32.6. The van der Waals surface area contributed by atoms with Gasteiger partial charge < -0.3 is 15.2 Å². The second-order valence-electron chi connectivity index (χ2n) is 6.68. The van der Waals surface area contributed by atoms with Crippen LogP contribution in [0, 0.1) is 0 Å². The zero-order valence-corrected chi connectivity index (χ0v) is 14.9. The number of carbonyl (C=O) groups is 1. The quantitative estimate of drug-likeness (QED) is 0.703. The molecule has 2 fully saturated rings. The SMILES string of the molecule is O=C(Nc1ccc(S(=O)(=O)NC2CCNC2)cc1)c1cc(C2CC2)on1. The molecule has 26 heavy (non-hydrogen) atoms. The molecule has 2 aromatic rings. The van der Waals surface area contributed by atoms with Gasteiger partial charge in [-0.25, -0.2) is 13.1 Å². The third-order valence-corrected chi connectivity index (χ3v) is 6.08. The maximum absolute atomic E-state index is 12.4. The van der Waals surface area contributed by atoms with Crippen molar-refractivity contribution < 1.29 is 17.7 Å². The number of amides is 1. The second kappa shape index (κ2) is 6.82. The van der Waals surface area contributed by atoms with E-state index in [-0.39, 0.29) is 22.5 Å². The van der Waals surface area contributed by atoms with Crippen molar-refractivity contribution in [3.05, 3.63) is 41.8 Å². The molecule has 1 atom stereocenters. The summed E-state index contributed by atoms with van der Waals surface area (Å²) in [7, 11) is -3.57.